The van der Waals surface area contributed by atoms with Crippen LogP contribution in [0.2, 0.25) is 0 Å². The van der Waals surface area contributed by atoms with Crippen molar-refractivity contribution in [2.24, 2.45) is 5.10 Å². The second-order valence-corrected chi connectivity index (χ2v) is 8.78. The summed E-state index contributed by atoms with van der Waals surface area (Å²) in [6, 6.07) is 16.5. The monoisotopic (exact) mass is 416 g/mol. The van der Waals surface area contributed by atoms with Crippen molar-refractivity contribution >= 4 is 27.6 Å². The Morgan fingerprint density at radius 1 is 1.14 bits per heavy atom. The summed E-state index contributed by atoms with van der Waals surface area (Å²) in [6.07, 6.45) is 1.40. The van der Waals surface area contributed by atoms with E-state index >= 15 is 0 Å². The molecule has 8 heteroatoms. The van der Waals surface area contributed by atoms with Gasteiger partial charge in [0.25, 0.3) is 10.0 Å². The summed E-state index contributed by atoms with van der Waals surface area (Å²) in [4.78, 5) is 2.21. The smallest absolute Gasteiger partial charge is 0.286 e. The van der Waals surface area contributed by atoms with Gasteiger partial charge in [-0.2, -0.15) is 18.4 Å². The van der Waals surface area contributed by atoms with Crippen LogP contribution in [0.4, 0.5) is 0 Å². The molecule has 2 aromatic carbocycles. The molecule has 0 atom stereocenters. The van der Waals surface area contributed by atoms with E-state index in [1.165, 1.54) is 12.3 Å². The summed E-state index contributed by atoms with van der Waals surface area (Å²) in [5, 5.41) is 5.57. The Balaban J connectivity index is 1.79. The fourth-order valence-corrected chi connectivity index (χ4v) is 4.31. The first-order valence-electron chi connectivity index (χ1n) is 8.43. The molecule has 0 saturated heterocycles. The van der Waals surface area contributed by atoms with Gasteiger partial charge in [0.05, 0.1) is 13.3 Å². The Hall–Kier alpha value is -2.84. The lowest BCUT2D eigenvalue weighted by Crippen LogP contribution is -2.17. The van der Waals surface area contributed by atoms with Crippen molar-refractivity contribution in [3.05, 3.63) is 76.7 Å². The molecule has 28 heavy (non-hydrogen) atoms. The van der Waals surface area contributed by atoms with Gasteiger partial charge in [0.1, 0.15) is 10.8 Å². The third kappa shape index (κ3) is 4.90. The number of nitrogens with zero attached hydrogens (tertiary/aromatic N) is 1. The van der Waals surface area contributed by atoms with Crippen molar-refractivity contribution in [1.82, 2.24) is 4.83 Å². The number of rotatable bonds is 8. The molecule has 0 unspecified atom stereocenters. The molecule has 0 radical (unpaired) electrons. The highest BCUT2D eigenvalue weighted by atomic mass is 32.2. The predicted octanol–water partition coefficient (Wildman–Crippen LogP) is 3.96. The average molecular weight is 417 g/mol. The Morgan fingerprint density at radius 2 is 1.96 bits per heavy atom. The molecule has 0 aliphatic carbocycles. The molecule has 0 spiro atoms. The average Bonchev–Trinajstić information content (AvgIpc) is 3.22. The number of sulfonamides is 1. The van der Waals surface area contributed by atoms with Gasteiger partial charge in [0.15, 0.2) is 11.5 Å². The minimum absolute atomic E-state index is 0.200. The first-order valence-corrected chi connectivity index (χ1v) is 10.8. The minimum atomic E-state index is -3.68. The fourth-order valence-electron chi connectivity index (χ4n) is 2.53. The molecule has 0 fully saturated rings. The van der Waals surface area contributed by atoms with E-state index in [2.05, 4.69) is 9.93 Å². The van der Waals surface area contributed by atoms with Crippen LogP contribution in [0.25, 0.3) is 0 Å². The van der Waals surface area contributed by atoms with E-state index in [0.717, 1.165) is 22.5 Å². The number of thiophene rings is 1. The molecule has 3 aromatic rings. The van der Waals surface area contributed by atoms with Crippen LogP contribution in [0.3, 0.4) is 0 Å². The van der Waals surface area contributed by atoms with Crippen LogP contribution < -0.4 is 14.3 Å². The second kappa shape index (κ2) is 8.90. The third-order valence-corrected chi connectivity index (χ3v) is 6.45. The summed E-state index contributed by atoms with van der Waals surface area (Å²) in [5.74, 6) is 1.03. The lowest BCUT2D eigenvalue weighted by atomic mass is 10.1. The van der Waals surface area contributed by atoms with Crippen LogP contribution in [0, 0.1) is 6.92 Å². The fraction of sp³-hybridized carbons (Fsp3) is 0.150. The van der Waals surface area contributed by atoms with Crippen LogP contribution in [-0.2, 0) is 16.6 Å². The molecule has 6 nitrogen and oxygen atoms in total. The number of hydrogen-bond acceptors (Lipinski definition) is 6. The van der Waals surface area contributed by atoms with E-state index in [0.29, 0.717) is 23.7 Å². The van der Waals surface area contributed by atoms with Crippen molar-refractivity contribution in [1.29, 1.82) is 0 Å². The van der Waals surface area contributed by atoms with E-state index in [1.807, 2.05) is 31.2 Å². The molecule has 3 rings (SSSR count). The van der Waals surface area contributed by atoms with E-state index in [-0.39, 0.29) is 4.21 Å². The maximum atomic E-state index is 12.2. The van der Waals surface area contributed by atoms with Crippen molar-refractivity contribution in [2.45, 2.75) is 17.7 Å². The van der Waals surface area contributed by atoms with Crippen molar-refractivity contribution < 1.29 is 17.9 Å². The van der Waals surface area contributed by atoms with Crippen LogP contribution in [0.15, 0.2) is 69.3 Å². The molecule has 0 bridgehead atoms. The lowest BCUT2D eigenvalue weighted by Gasteiger charge is -2.13. The molecule has 1 N–H and O–H groups in total. The second-order valence-electron chi connectivity index (χ2n) is 5.94. The molecular formula is C20H20N2O4S2. The SMILES string of the molecule is COc1cccc(/C=N/NS(=O)(=O)c2cccs2)c1OCc1cccc(C)c1. The highest BCUT2D eigenvalue weighted by Crippen LogP contribution is 2.31. The van der Waals surface area contributed by atoms with Gasteiger partial charge in [-0.1, -0.05) is 42.0 Å². The van der Waals surface area contributed by atoms with E-state index in [9.17, 15) is 8.42 Å². The number of aryl methyl sites for hydroxylation is 1. The number of nitrogens with one attached hydrogen (secondary N) is 1. The molecule has 1 heterocycles. The number of hydrazone groups is 1. The summed E-state index contributed by atoms with van der Waals surface area (Å²) < 4.78 is 35.9. The van der Waals surface area contributed by atoms with Gasteiger partial charge >= 0.3 is 0 Å². The molecule has 0 aliphatic rings. The summed E-state index contributed by atoms with van der Waals surface area (Å²) >= 11 is 1.12. The largest absolute Gasteiger partial charge is 0.493 e. The van der Waals surface area contributed by atoms with Gasteiger partial charge in [0, 0.05) is 5.56 Å². The van der Waals surface area contributed by atoms with Crippen molar-refractivity contribution in [2.75, 3.05) is 7.11 Å². The summed E-state index contributed by atoms with van der Waals surface area (Å²) in [7, 11) is -2.13. The lowest BCUT2D eigenvalue weighted by molar-refractivity contribution is 0.284. The maximum absolute atomic E-state index is 12.2. The molecule has 146 valence electrons. The number of para-hydroxylation sites is 1. The van der Waals surface area contributed by atoms with E-state index in [4.69, 9.17) is 9.47 Å². The van der Waals surface area contributed by atoms with Crippen LogP contribution in [0.1, 0.15) is 16.7 Å². The Kier molecular flexibility index (Phi) is 6.33. The van der Waals surface area contributed by atoms with Crippen LogP contribution in [0.5, 0.6) is 11.5 Å². The summed E-state index contributed by atoms with van der Waals surface area (Å²) in [5.41, 5.74) is 2.76. The van der Waals surface area contributed by atoms with Crippen molar-refractivity contribution in [3.8, 4) is 11.5 Å². The molecule has 0 amide bonds. The highest BCUT2D eigenvalue weighted by molar-refractivity contribution is 7.91. The first kappa shape index (κ1) is 19.9. The zero-order chi connectivity index (χ0) is 20.0. The van der Waals surface area contributed by atoms with Gasteiger partial charge in [0.2, 0.25) is 0 Å². The zero-order valence-electron chi connectivity index (χ0n) is 15.5. The first-order chi connectivity index (χ1) is 13.5. The van der Waals surface area contributed by atoms with Crippen molar-refractivity contribution in [3.63, 3.8) is 0 Å². The number of methoxy groups -OCH3 is 1. The molecule has 0 aliphatic heterocycles. The molecular weight excluding hydrogens is 396 g/mol. The normalized spacial score (nSPS) is 11.5. The highest BCUT2D eigenvalue weighted by Gasteiger charge is 2.14. The topological polar surface area (TPSA) is 77.0 Å². The standard InChI is InChI=1S/C20H20N2O4S2/c1-15-6-3-7-16(12-15)14-26-20-17(8-4-9-18(20)25-2)13-21-22-28(23,24)19-10-5-11-27-19/h3-13,22H,14H2,1-2H3/b21-13+. The predicted molar refractivity (Wildman–Crippen MR) is 111 cm³/mol. The third-order valence-electron chi connectivity index (χ3n) is 3.83. The van der Waals surface area contributed by atoms with Gasteiger partial charge in [-0.25, -0.2) is 0 Å². The van der Waals surface area contributed by atoms with Gasteiger partial charge in [-0.15, -0.1) is 11.3 Å². The minimum Gasteiger partial charge on any atom is -0.493 e. The summed E-state index contributed by atoms with van der Waals surface area (Å²) in [6.45, 7) is 2.37. The zero-order valence-corrected chi connectivity index (χ0v) is 17.1. The maximum Gasteiger partial charge on any atom is 0.286 e. The van der Waals surface area contributed by atoms with E-state index in [1.54, 1.807) is 36.8 Å². The van der Waals surface area contributed by atoms with Crippen LogP contribution >= 0.6 is 11.3 Å². The van der Waals surface area contributed by atoms with Crippen LogP contribution in [-0.4, -0.2) is 21.7 Å². The van der Waals surface area contributed by atoms with E-state index < -0.39 is 10.0 Å². The van der Waals surface area contributed by atoms with Gasteiger partial charge in [-0.05, 0) is 36.1 Å². The Bertz CT molecular complexity index is 1060. The molecule has 0 saturated carbocycles. The number of ether oxygens (including phenoxy) is 2. The quantitative estimate of drug-likeness (QED) is 0.445. The molecule has 1 aromatic heterocycles. The van der Waals surface area contributed by atoms with Gasteiger partial charge < -0.3 is 9.47 Å². The number of hydrogen-bond donors (Lipinski definition) is 1. The Labute approximate surface area is 168 Å². The number of benzene rings is 2. The Morgan fingerprint density at radius 3 is 2.68 bits per heavy atom. The van der Waals surface area contributed by atoms with Gasteiger partial charge in [-0.3, -0.25) is 0 Å².